The zero-order chi connectivity index (χ0) is 22.2. The number of nitrogens with one attached hydrogen (secondary N) is 1. The highest BCUT2D eigenvalue weighted by atomic mass is 16.6. The maximum Gasteiger partial charge on any atom is 0.331 e. The summed E-state index contributed by atoms with van der Waals surface area (Å²) in [6, 6.07) is 18.3. The van der Waals surface area contributed by atoms with E-state index in [0.717, 1.165) is 16.5 Å². The zero-order valence-electron chi connectivity index (χ0n) is 17.6. The predicted octanol–water partition coefficient (Wildman–Crippen LogP) is 4.25. The first-order valence-corrected chi connectivity index (χ1v) is 10.2. The van der Waals surface area contributed by atoms with Crippen molar-refractivity contribution in [2.45, 2.75) is 26.0 Å². The Morgan fingerprint density at radius 1 is 1.03 bits per heavy atom. The normalized spacial score (nSPS) is 12.4. The minimum atomic E-state index is -0.523. The van der Waals surface area contributed by atoms with E-state index in [0.29, 0.717) is 12.1 Å². The maximum atomic E-state index is 12.3. The SMILES string of the molecule is CC(C)NCC(COc1cccc2ccccc12)OC(=O)C=Cc1ccc(O)c(O)c1. The van der Waals surface area contributed by atoms with Crippen LogP contribution in [0.15, 0.2) is 66.7 Å². The van der Waals surface area contributed by atoms with Crippen molar-refractivity contribution in [2.75, 3.05) is 13.2 Å². The van der Waals surface area contributed by atoms with Crippen LogP contribution >= 0.6 is 0 Å². The van der Waals surface area contributed by atoms with Crippen molar-refractivity contribution < 1.29 is 24.5 Å². The topological polar surface area (TPSA) is 88.0 Å². The number of esters is 1. The second kappa shape index (κ2) is 10.5. The van der Waals surface area contributed by atoms with Crippen LogP contribution in [0.5, 0.6) is 17.2 Å². The molecule has 1 unspecified atom stereocenters. The average molecular weight is 421 g/mol. The standard InChI is InChI=1S/C25H27NO5/c1-17(2)26-15-20(16-30-24-9-5-7-19-6-3-4-8-21(19)24)31-25(29)13-11-18-10-12-22(27)23(28)14-18/h3-14,17,20,26-28H,15-16H2,1-2H3. The van der Waals surface area contributed by atoms with E-state index in [1.807, 2.05) is 56.3 Å². The number of carbonyl (C=O) groups excluding carboxylic acids is 1. The number of carbonyl (C=O) groups is 1. The minimum absolute atomic E-state index is 0.202. The lowest BCUT2D eigenvalue weighted by atomic mass is 10.1. The Labute approximate surface area is 181 Å². The van der Waals surface area contributed by atoms with Gasteiger partial charge in [-0.2, -0.15) is 0 Å². The molecule has 0 saturated carbocycles. The first-order chi connectivity index (χ1) is 14.9. The number of phenols is 2. The molecular formula is C25H27NO5. The number of hydrogen-bond donors (Lipinski definition) is 3. The number of rotatable bonds is 9. The zero-order valence-corrected chi connectivity index (χ0v) is 17.6. The van der Waals surface area contributed by atoms with Crippen molar-refractivity contribution in [3.8, 4) is 17.2 Å². The van der Waals surface area contributed by atoms with Gasteiger partial charge in [-0.3, -0.25) is 0 Å². The third kappa shape index (κ3) is 6.49. The molecule has 0 bridgehead atoms. The van der Waals surface area contributed by atoms with E-state index in [1.54, 1.807) is 6.07 Å². The number of hydrogen-bond acceptors (Lipinski definition) is 6. The second-order valence-corrected chi connectivity index (χ2v) is 7.49. The van der Waals surface area contributed by atoms with Crippen LogP contribution in [0.3, 0.4) is 0 Å². The molecule has 0 aliphatic heterocycles. The summed E-state index contributed by atoms with van der Waals surface area (Å²) in [6.45, 7) is 4.68. The van der Waals surface area contributed by atoms with Gasteiger partial charge in [-0.1, -0.05) is 56.3 Å². The lowest BCUT2D eigenvalue weighted by molar-refractivity contribution is -0.144. The number of fused-ring (bicyclic) bond motifs is 1. The Morgan fingerprint density at radius 3 is 2.58 bits per heavy atom. The van der Waals surface area contributed by atoms with Gasteiger partial charge in [0.2, 0.25) is 0 Å². The third-order valence-corrected chi connectivity index (χ3v) is 4.62. The Kier molecular flexibility index (Phi) is 7.51. The van der Waals surface area contributed by atoms with Gasteiger partial charge in [0.15, 0.2) is 11.5 Å². The average Bonchev–Trinajstić information content (AvgIpc) is 2.76. The molecule has 0 saturated heterocycles. The maximum absolute atomic E-state index is 12.3. The Hall–Kier alpha value is -3.51. The predicted molar refractivity (Wildman–Crippen MR) is 121 cm³/mol. The second-order valence-electron chi connectivity index (χ2n) is 7.49. The van der Waals surface area contributed by atoms with Crippen LogP contribution in [-0.2, 0) is 9.53 Å². The molecule has 3 aromatic carbocycles. The van der Waals surface area contributed by atoms with Crippen LogP contribution in [0.2, 0.25) is 0 Å². The first kappa shape index (κ1) is 22.2. The number of aromatic hydroxyl groups is 2. The van der Waals surface area contributed by atoms with Crippen LogP contribution in [0.4, 0.5) is 0 Å². The summed E-state index contributed by atoms with van der Waals surface area (Å²) in [7, 11) is 0. The van der Waals surface area contributed by atoms with E-state index in [1.165, 1.54) is 24.3 Å². The van der Waals surface area contributed by atoms with Crippen molar-refractivity contribution in [3.05, 3.63) is 72.3 Å². The van der Waals surface area contributed by atoms with Gasteiger partial charge >= 0.3 is 5.97 Å². The summed E-state index contributed by atoms with van der Waals surface area (Å²) in [6.07, 6.45) is 2.30. The van der Waals surface area contributed by atoms with Crippen LogP contribution in [0.1, 0.15) is 19.4 Å². The van der Waals surface area contributed by atoms with E-state index < -0.39 is 12.1 Å². The first-order valence-electron chi connectivity index (χ1n) is 10.2. The molecule has 0 radical (unpaired) electrons. The van der Waals surface area contributed by atoms with E-state index in [2.05, 4.69) is 5.32 Å². The molecule has 6 heteroatoms. The van der Waals surface area contributed by atoms with E-state index in [9.17, 15) is 15.0 Å². The van der Waals surface area contributed by atoms with Crippen molar-refractivity contribution >= 4 is 22.8 Å². The molecule has 0 aliphatic carbocycles. The molecule has 0 aromatic heterocycles. The van der Waals surface area contributed by atoms with Gasteiger partial charge in [0, 0.05) is 24.0 Å². The summed E-state index contributed by atoms with van der Waals surface area (Å²) in [4.78, 5) is 12.3. The molecule has 0 fully saturated rings. The Balaban J connectivity index is 1.65. The van der Waals surface area contributed by atoms with Gasteiger partial charge < -0.3 is 25.0 Å². The van der Waals surface area contributed by atoms with Gasteiger partial charge in [-0.05, 0) is 35.2 Å². The summed E-state index contributed by atoms with van der Waals surface area (Å²) in [5.41, 5.74) is 0.566. The van der Waals surface area contributed by atoms with Crippen molar-refractivity contribution in [2.24, 2.45) is 0 Å². The quantitative estimate of drug-likeness (QED) is 0.272. The molecule has 3 N–H and O–H groups in total. The Bertz CT molecular complexity index is 1060. The van der Waals surface area contributed by atoms with Crippen LogP contribution in [0, 0.1) is 0 Å². The third-order valence-electron chi connectivity index (χ3n) is 4.62. The van der Waals surface area contributed by atoms with Gasteiger partial charge in [-0.15, -0.1) is 0 Å². The van der Waals surface area contributed by atoms with Crippen molar-refractivity contribution in [1.82, 2.24) is 5.32 Å². The largest absolute Gasteiger partial charge is 0.504 e. The molecule has 3 rings (SSSR count). The summed E-state index contributed by atoms with van der Waals surface area (Å²) in [5.74, 6) is -0.258. The number of phenolic OH excluding ortho intramolecular Hbond substituents is 2. The molecule has 0 aliphatic rings. The van der Waals surface area contributed by atoms with Gasteiger partial charge in [0.1, 0.15) is 18.5 Å². The van der Waals surface area contributed by atoms with Crippen molar-refractivity contribution in [1.29, 1.82) is 0 Å². The van der Waals surface area contributed by atoms with E-state index >= 15 is 0 Å². The summed E-state index contributed by atoms with van der Waals surface area (Å²) < 4.78 is 11.6. The summed E-state index contributed by atoms with van der Waals surface area (Å²) >= 11 is 0. The lowest BCUT2D eigenvalue weighted by Gasteiger charge is -2.20. The summed E-state index contributed by atoms with van der Waals surface area (Å²) in [5, 5.41) is 24.3. The number of benzene rings is 3. The highest BCUT2D eigenvalue weighted by molar-refractivity contribution is 5.88. The van der Waals surface area contributed by atoms with Crippen LogP contribution in [-0.4, -0.2) is 41.5 Å². The molecule has 3 aromatic rings. The smallest absolute Gasteiger partial charge is 0.331 e. The minimum Gasteiger partial charge on any atom is -0.504 e. The fraction of sp³-hybridized carbons (Fsp3) is 0.240. The van der Waals surface area contributed by atoms with Gasteiger partial charge in [0.05, 0.1) is 0 Å². The molecule has 6 nitrogen and oxygen atoms in total. The highest BCUT2D eigenvalue weighted by Gasteiger charge is 2.15. The van der Waals surface area contributed by atoms with E-state index in [4.69, 9.17) is 9.47 Å². The van der Waals surface area contributed by atoms with E-state index in [-0.39, 0.29) is 24.1 Å². The molecule has 162 valence electrons. The fourth-order valence-corrected chi connectivity index (χ4v) is 3.02. The van der Waals surface area contributed by atoms with Crippen LogP contribution < -0.4 is 10.1 Å². The molecule has 0 heterocycles. The van der Waals surface area contributed by atoms with Gasteiger partial charge in [-0.25, -0.2) is 4.79 Å². The molecule has 0 amide bonds. The Morgan fingerprint density at radius 2 is 1.81 bits per heavy atom. The monoisotopic (exact) mass is 421 g/mol. The molecule has 0 spiro atoms. The lowest BCUT2D eigenvalue weighted by Crippen LogP contribution is -2.38. The highest BCUT2D eigenvalue weighted by Crippen LogP contribution is 2.26. The molecular weight excluding hydrogens is 394 g/mol. The molecule has 31 heavy (non-hydrogen) atoms. The van der Waals surface area contributed by atoms with Crippen molar-refractivity contribution in [3.63, 3.8) is 0 Å². The fourth-order valence-electron chi connectivity index (χ4n) is 3.02. The van der Waals surface area contributed by atoms with Crippen LogP contribution in [0.25, 0.3) is 16.8 Å². The molecule has 1 atom stereocenters. The van der Waals surface area contributed by atoms with Gasteiger partial charge in [0.25, 0.3) is 0 Å². The number of ether oxygens (including phenoxy) is 2.